The van der Waals surface area contributed by atoms with E-state index in [0.29, 0.717) is 0 Å². The van der Waals surface area contributed by atoms with Gasteiger partial charge in [-0.1, -0.05) is 19.1 Å². The van der Waals surface area contributed by atoms with Crippen LogP contribution in [-0.2, 0) is 4.79 Å². The molecule has 0 aliphatic carbocycles. The van der Waals surface area contributed by atoms with E-state index in [4.69, 9.17) is 5.11 Å². The Bertz CT molecular complexity index is 445. The molecule has 0 aromatic heterocycles. The van der Waals surface area contributed by atoms with Gasteiger partial charge in [0.15, 0.2) is 0 Å². The fourth-order valence-corrected chi connectivity index (χ4v) is 1.66. The van der Waals surface area contributed by atoms with Gasteiger partial charge in [-0.05, 0) is 24.1 Å². The van der Waals surface area contributed by atoms with Crippen LogP contribution in [0.25, 0.3) is 0 Å². The van der Waals surface area contributed by atoms with Crippen LogP contribution < -0.4 is 4.74 Å². The lowest BCUT2D eigenvalue weighted by atomic mass is 9.93. The van der Waals surface area contributed by atoms with Crippen molar-refractivity contribution in [3.05, 3.63) is 29.8 Å². The zero-order valence-corrected chi connectivity index (χ0v) is 10.0. The van der Waals surface area contributed by atoms with Gasteiger partial charge in [-0.15, -0.1) is 13.2 Å². The largest absolute Gasteiger partial charge is 0.573 e. The van der Waals surface area contributed by atoms with E-state index in [0.717, 1.165) is 12.1 Å². The van der Waals surface area contributed by atoms with E-state index in [2.05, 4.69) is 4.74 Å². The topological polar surface area (TPSA) is 66.8 Å². The smallest absolute Gasteiger partial charge is 0.481 e. The molecule has 0 spiro atoms. The number of ether oxygens (including phenoxy) is 1. The highest BCUT2D eigenvalue weighted by molar-refractivity contribution is 5.71. The number of halogens is 3. The molecular weight excluding hydrogens is 265 g/mol. The third-order valence-corrected chi connectivity index (χ3v) is 2.57. The zero-order valence-electron chi connectivity index (χ0n) is 10.0. The van der Waals surface area contributed by atoms with Gasteiger partial charge in [-0.25, -0.2) is 0 Å². The molecule has 0 saturated carbocycles. The number of carbonyl (C=O) groups is 1. The van der Waals surface area contributed by atoms with Gasteiger partial charge in [0.1, 0.15) is 5.75 Å². The molecule has 0 aliphatic rings. The lowest BCUT2D eigenvalue weighted by Crippen LogP contribution is -2.21. The number of carboxylic acid groups (broad SMARTS) is 1. The van der Waals surface area contributed by atoms with Crippen molar-refractivity contribution in [1.29, 1.82) is 0 Å². The van der Waals surface area contributed by atoms with Crippen molar-refractivity contribution in [1.82, 2.24) is 0 Å². The third kappa shape index (κ3) is 4.44. The minimum absolute atomic E-state index is 0.0657. The van der Waals surface area contributed by atoms with Crippen LogP contribution in [0.5, 0.6) is 5.75 Å². The molecule has 19 heavy (non-hydrogen) atoms. The number of rotatable bonds is 5. The second-order valence-electron chi connectivity index (χ2n) is 3.92. The molecule has 7 heteroatoms. The molecule has 0 radical (unpaired) electrons. The molecule has 2 N–H and O–H groups in total. The average molecular weight is 278 g/mol. The predicted octanol–water partition coefficient (Wildman–Crippen LogP) is 2.73. The Morgan fingerprint density at radius 2 is 2.05 bits per heavy atom. The first-order valence-electron chi connectivity index (χ1n) is 5.51. The molecule has 0 amide bonds. The fraction of sp³-hybridized carbons (Fsp3) is 0.417. The van der Waals surface area contributed by atoms with E-state index in [9.17, 15) is 23.1 Å². The first-order chi connectivity index (χ1) is 8.74. The molecule has 2 atom stereocenters. The second kappa shape index (κ2) is 5.92. The van der Waals surface area contributed by atoms with Gasteiger partial charge < -0.3 is 14.9 Å². The number of aliphatic carboxylic acids is 1. The van der Waals surface area contributed by atoms with E-state index in [1.807, 2.05) is 0 Å². The van der Waals surface area contributed by atoms with Crippen molar-refractivity contribution in [3.8, 4) is 5.75 Å². The van der Waals surface area contributed by atoms with Crippen LogP contribution in [-0.4, -0.2) is 22.5 Å². The molecule has 106 valence electrons. The van der Waals surface area contributed by atoms with Crippen molar-refractivity contribution in [3.63, 3.8) is 0 Å². The molecule has 0 fully saturated rings. The molecule has 1 aromatic carbocycles. The fourth-order valence-electron chi connectivity index (χ4n) is 1.66. The standard InChI is InChI=1S/C12H13F3O4/c1-2-9(11(17)18)10(16)7-4-3-5-8(6-7)19-12(13,14)15/h3-6,9-10,16H,2H2,1H3,(H,17,18). The van der Waals surface area contributed by atoms with Crippen LogP contribution in [0, 0.1) is 5.92 Å². The maximum atomic E-state index is 12.0. The van der Waals surface area contributed by atoms with Crippen molar-refractivity contribution in [2.24, 2.45) is 5.92 Å². The third-order valence-electron chi connectivity index (χ3n) is 2.57. The number of hydrogen-bond donors (Lipinski definition) is 2. The summed E-state index contributed by atoms with van der Waals surface area (Å²) >= 11 is 0. The van der Waals surface area contributed by atoms with Crippen molar-refractivity contribution in [2.75, 3.05) is 0 Å². The first kappa shape index (κ1) is 15.3. The Kier molecular flexibility index (Phi) is 4.77. The van der Waals surface area contributed by atoms with E-state index in [1.54, 1.807) is 6.92 Å². The first-order valence-corrected chi connectivity index (χ1v) is 5.51. The van der Waals surface area contributed by atoms with Crippen LogP contribution in [0.1, 0.15) is 25.0 Å². The quantitative estimate of drug-likeness (QED) is 0.869. The summed E-state index contributed by atoms with van der Waals surface area (Å²) < 4.78 is 39.9. The highest BCUT2D eigenvalue weighted by Gasteiger charge is 2.32. The number of carboxylic acids is 1. The van der Waals surface area contributed by atoms with Gasteiger partial charge in [-0.2, -0.15) is 0 Å². The lowest BCUT2D eigenvalue weighted by Gasteiger charge is -2.18. The van der Waals surface area contributed by atoms with E-state index in [-0.39, 0.29) is 12.0 Å². The Morgan fingerprint density at radius 1 is 1.42 bits per heavy atom. The van der Waals surface area contributed by atoms with Crippen molar-refractivity contribution >= 4 is 5.97 Å². The molecule has 1 aromatic rings. The molecule has 0 aliphatic heterocycles. The number of aliphatic hydroxyl groups excluding tert-OH is 1. The van der Waals surface area contributed by atoms with Gasteiger partial charge in [0.2, 0.25) is 0 Å². The number of hydrogen-bond acceptors (Lipinski definition) is 3. The van der Waals surface area contributed by atoms with Gasteiger partial charge in [0, 0.05) is 0 Å². The predicted molar refractivity (Wildman–Crippen MR) is 59.5 cm³/mol. The summed E-state index contributed by atoms with van der Waals surface area (Å²) in [6.07, 6.45) is -6.07. The molecule has 4 nitrogen and oxygen atoms in total. The second-order valence-corrected chi connectivity index (χ2v) is 3.92. The Labute approximate surface area is 107 Å². The summed E-state index contributed by atoms with van der Waals surface area (Å²) in [6, 6.07) is 4.66. The molecule has 0 saturated heterocycles. The van der Waals surface area contributed by atoms with Crippen molar-refractivity contribution in [2.45, 2.75) is 25.8 Å². The molecular formula is C12H13F3O4. The molecule has 2 unspecified atom stereocenters. The van der Waals surface area contributed by atoms with Crippen LogP contribution >= 0.6 is 0 Å². The van der Waals surface area contributed by atoms with Gasteiger partial charge in [-0.3, -0.25) is 4.79 Å². The van der Waals surface area contributed by atoms with Crippen LogP contribution in [0.4, 0.5) is 13.2 Å². The number of benzene rings is 1. The highest BCUT2D eigenvalue weighted by atomic mass is 19.4. The van der Waals surface area contributed by atoms with Crippen LogP contribution in [0.15, 0.2) is 24.3 Å². The van der Waals surface area contributed by atoms with Crippen LogP contribution in [0.3, 0.4) is 0 Å². The van der Waals surface area contributed by atoms with E-state index >= 15 is 0 Å². The Balaban J connectivity index is 2.95. The molecule has 1 rings (SSSR count). The molecule has 0 bridgehead atoms. The number of alkyl halides is 3. The highest BCUT2D eigenvalue weighted by Crippen LogP contribution is 2.29. The summed E-state index contributed by atoms with van der Waals surface area (Å²) in [6.45, 7) is 1.57. The Hall–Kier alpha value is -1.76. The van der Waals surface area contributed by atoms with E-state index < -0.39 is 30.1 Å². The van der Waals surface area contributed by atoms with Crippen molar-refractivity contribution < 1.29 is 32.9 Å². The average Bonchev–Trinajstić information content (AvgIpc) is 2.27. The van der Waals surface area contributed by atoms with Crippen LogP contribution in [0.2, 0.25) is 0 Å². The summed E-state index contributed by atoms with van der Waals surface area (Å²) in [5, 5.41) is 18.7. The van der Waals surface area contributed by atoms with Gasteiger partial charge in [0.25, 0.3) is 0 Å². The summed E-state index contributed by atoms with van der Waals surface area (Å²) in [5.74, 6) is -2.79. The minimum Gasteiger partial charge on any atom is -0.481 e. The maximum Gasteiger partial charge on any atom is 0.573 e. The SMILES string of the molecule is CCC(C(=O)O)C(O)c1cccc(OC(F)(F)F)c1. The van der Waals surface area contributed by atoms with Gasteiger partial charge >= 0.3 is 12.3 Å². The summed E-state index contributed by atoms with van der Waals surface area (Å²) in [5.41, 5.74) is 0.0657. The van der Waals surface area contributed by atoms with E-state index in [1.165, 1.54) is 12.1 Å². The van der Waals surface area contributed by atoms with Gasteiger partial charge in [0.05, 0.1) is 12.0 Å². The normalized spacial score (nSPS) is 14.8. The zero-order chi connectivity index (χ0) is 14.6. The minimum atomic E-state index is -4.83. The molecule has 0 heterocycles. The summed E-state index contributed by atoms with van der Waals surface area (Å²) in [7, 11) is 0. The number of aliphatic hydroxyl groups is 1. The maximum absolute atomic E-state index is 12.0. The Morgan fingerprint density at radius 3 is 2.53 bits per heavy atom. The summed E-state index contributed by atoms with van der Waals surface area (Å²) in [4.78, 5) is 10.9. The monoisotopic (exact) mass is 278 g/mol. The lowest BCUT2D eigenvalue weighted by molar-refractivity contribution is -0.274.